The number of aliphatic hydroxyl groups excluding tert-OH is 1. The van der Waals surface area contributed by atoms with Gasteiger partial charge in [0.1, 0.15) is 0 Å². The molecular formula is C25H32ClN3O2. The Bertz CT molecular complexity index is 847. The zero-order valence-corrected chi connectivity index (χ0v) is 18.8. The number of halogens is 1. The molecule has 2 saturated heterocycles. The number of nitrogens with zero attached hydrogens (tertiary/aromatic N) is 3. The van der Waals surface area contributed by atoms with Crippen molar-refractivity contribution in [2.24, 2.45) is 5.92 Å². The SMILES string of the molecule is O=C(CN1CCC(C(O)c2ccccc2)CC1)N1CCN(Cc2cccc(Cl)c2)CC1. The van der Waals surface area contributed by atoms with Crippen LogP contribution in [0.15, 0.2) is 54.6 Å². The van der Waals surface area contributed by atoms with E-state index >= 15 is 0 Å². The minimum atomic E-state index is -0.411. The van der Waals surface area contributed by atoms with Gasteiger partial charge in [0.25, 0.3) is 0 Å². The van der Waals surface area contributed by atoms with Gasteiger partial charge in [0.15, 0.2) is 0 Å². The first-order valence-corrected chi connectivity index (χ1v) is 11.7. The average Bonchev–Trinajstić information content (AvgIpc) is 2.80. The monoisotopic (exact) mass is 441 g/mol. The quantitative estimate of drug-likeness (QED) is 0.746. The summed E-state index contributed by atoms with van der Waals surface area (Å²) in [6, 6.07) is 17.9. The van der Waals surface area contributed by atoms with Gasteiger partial charge in [0, 0.05) is 37.7 Å². The van der Waals surface area contributed by atoms with Crippen LogP contribution in [0.4, 0.5) is 0 Å². The van der Waals surface area contributed by atoms with Gasteiger partial charge in [-0.25, -0.2) is 0 Å². The third kappa shape index (κ3) is 6.07. The number of hydrogen-bond acceptors (Lipinski definition) is 4. The number of aliphatic hydroxyl groups is 1. The number of likely N-dealkylation sites (tertiary alicyclic amines) is 1. The lowest BCUT2D eigenvalue weighted by Crippen LogP contribution is -2.51. The fourth-order valence-corrected chi connectivity index (χ4v) is 4.90. The Morgan fingerprint density at radius 2 is 1.65 bits per heavy atom. The summed E-state index contributed by atoms with van der Waals surface area (Å²) in [4.78, 5) is 19.4. The van der Waals surface area contributed by atoms with Gasteiger partial charge in [0.2, 0.25) is 5.91 Å². The number of rotatable bonds is 6. The van der Waals surface area contributed by atoms with E-state index in [0.717, 1.165) is 69.2 Å². The molecule has 2 aliphatic rings. The van der Waals surface area contributed by atoms with Crippen LogP contribution in [0.5, 0.6) is 0 Å². The third-order valence-electron chi connectivity index (χ3n) is 6.60. The molecule has 2 fully saturated rings. The number of hydrogen-bond donors (Lipinski definition) is 1. The molecule has 1 atom stereocenters. The Kier molecular flexibility index (Phi) is 7.62. The van der Waals surface area contributed by atoms with Gasteiger partial charge in [-0.05, 0) is 55.1 Å². The Balaban J connectivity index is 1.19. The molecule has 5 nitrogen and oxygen atoms in total. The van der Waals surface area contributed by atoms with Crippen LogP contribution in [0.3, 0.4) is 0 Å². The molecular weight excluding hydrogens is 410 g/mol. The van der Waals surface area contributed by atoms with Crippen molar-refractivity contribution in [3.8, 4) is 0 Å². The molecule has 2 aromatic carbocycles. The highest BCUT2D eigenvalue weighted by Gasteiger charge is 2.28. The number of carbonyl (C=O) groups excluding carboxylic acids is 1. The Hall–Kier alpha value is -1.92. The molecule has 2 aliphatic heterocycles. The Morgan fingerprint density at radius 3 is 2.32 bits per heavy atom. The fourth-order valence-electron chi connectivity index (χ4n) is 4.69. The highest BCUT2D eigenvalue weighted by Crippen LogP contribution is 2.30. The minimum absolute atomic E-state index is 0.226. The molecule has 0 aromatic heterocycles. The van der Waals surface area contributed by atoms with Crippen molar-refractivity contribution in [2.75, 3.05) is 45.8 Å². The van der Waals surface area contributed by atoms with E-state index in [4.69, 9.17) is 11.6 Å². The van der Waals surface area contributed by atoms with Crippen molar-refractivity contribution < 1.29 is 9.90 Å². The maximum absolute atomic E-state index is 12.8. The fraction of sp³-hybridized carbons (Fsp3) is 0.480. The lowest BCUT2D eigenvalue weighted by atomic mass is 9.87. The molecule has 2 heterocycles. The van der Waals surface area contributed by atoms with Gasteiger partial charge in [-0.2, -0.15) is 0 Å². The van der Waals surface area contributed by atoms with Gasteiger partial charge in [-0.1, -0.05) is 54.1 Å². The van der Waals surface area contributed by atoms with Crippen LogP contribution in [0.2, 0.25) is 5.02 Å². The summed E-state index contributed by atoms with van der Waals surface area (Å²) in [6.45, 7) is 6.45. The summed E-state index contributed by atoms with van der Waals surface area (Å²) in [7, 11) is 0. The van der Waals surface area contributed by atoms with E-state index in [1.54, 1.807) is 0 Å². The highest BCUT2D eigenvalue weighted by molar-refractivity contribution is 6.30. The maximum atomic E-state index is 12.8. The van der Waals surface area contributed by atoms with E-state index in [-0.39, 0.29) is 11.8 Å². The second kappa shape index (κ2) is 10.6. The molecule has 0 aliphatic carbocycles. The number of piperidine rings is 1. The van der Waals surface area contributed by atoms with E-state index in [2.05, 4.69) is 15.9 Å². The predicted octanol–water partition coefficient (Wildman–Crippen LogP) is 3.43. The first-order chi connectivity index (χ1) is 15.1. The zero-order chi connectivity index (χ0) is 21.6. The number of amides is 1. The van der Waals surface area contributed by atoms with Gasteiger partial charge < -0.3 is 10.0 Å². The lowest BCUT2D eigenvalue weighted by molar-refractivity contribution is -0.134. The van der Waals surface area contributed by atoms with Crippen LogP contribution in [0.25, 0.3) is 0 Å². The highest BCUT2D eigenvalue weighted by atomic mass is 35.5. The first-order valence-electron chi connectivity index (χ1n) is 11.3. The summed E-state index contributed by atoms with van der Waals surface area (Å²) in [6.07, 6.45) is 1.44. The maximum Gasteiger partial charge on any atom is 0.236 e. The number of carbonyl (C=O) groups is 1. The smallest absolute Gasteiger partial charge is 0.236 e. The van der Waals surface area contributed by atoms with Crippen molar-refractivity contribution >= 4 is 17.5 Å². The molecule has 1 amide bonds. The molecule has 2 aromatic rings. The van der Waals surface area contributed by atoms with Gasteiger partial charge in [-0.15, -0.1) is 0 Å². The number of benzene rings is 2. The summed E-state index contributed by atoms with van der Waals surface area (Å²) in [5.41, 5.74) is 2.21. The van der Waals surface area contributed by atoms with Crippen molar-refractivity contribution in [3.05, 3.63) is 70.7 Å². The summed E-state index contributed by atoms with van der Waals surface area (Å²) < 4.78 is 0. The van der Waals surface area contributed by atoms with E-state index in [0.29, 0.717) is 6.54 Å². The van der Waals surface area contributed by atoms with Crippen LogP contribution in [0.1, 0.15) is 30.1 Å². The van der Waals surface area contributed by atoms with Crippen LogP contribution < -0.4 is 0 Å². The van der Waals surface area contributed by atoms with E-state index < -0.39 is 6.10 Å². The average molecular weight is 442 g/mol. The van der Waals surface area contributed by atoms with Crippen LogP contribution >= 0.6 is 11.6 Å². The Morgan fingerprint density at radius 1 is 0.935 bits per heavy atom. The van der Waals surface area contributed by atoms with Crippen LogP contribution in [0, 0.1) is 5.92 Å². The molecule has 6 heteroatoms. The van der Waals surface area contributed by atoms with Crippen molar-refractivity contribution in [1.29, 1.82) is 0 Å². The predicted molar refractivity (Wildman–Crippen MR) is 124 cm³/mol. The zero-order valence-electron chi connectivity index (χ0n) is 18.0. The largest absolute Gasteiger partial charge is 0.388 e. The molecule has 31 heavy (non-hydrogen) atoms. The molecule has 0 spiro atoms. The molecule has 0 bridgehead atoms. The van der Waals surface area contributed by atoms with Gasteiger partial charge in [0.05, 0.1) is 12.6 Å². The normalized spacial score (nSPS) is 20.0. The van der Waals surface area contributed by atoms with E-state index in [1.165, 1.54) is 5.56 Å². The standard InChI is InChI=1S/C25H32ClN3O2/c26-23-8-4-5-20(17-23)18-28-13-15-29(16-14-28)24(30)19-27-11-9-22(10-12-27)25(31)21-6-2-1-3-7-21/h1-8,17,22,25,31H,9-16,18-19H2. The molecule has 1 unspecified atom stereocenters. The molecule has 166 valence electrons. The van der Waals surface area contributed by atoms with Crippen molar-refractivity contribution in [1.82, 2.24) is 14.7 Å². The minimum Gasteiger partial charge on any atom is -0.388 e. The summed E-state index contributed by atoms with van der Waals surface area (Å²) in [5.74, 6) is 0.494. The second-order valence-electron chi connectivity index (χ2n) is 8.76. The molecule has 4 rings (SSSR count). The lowest BCUT2D eigenvalue weighted by Gasteiger charge is -2.38. The van der Waals surface area contributed by atoms with Gasteiger partial charge >= 0.3 is 0 Å². The first kappa shape index (κ1) is 22.3. The second-order valence-corrected chi connectivity index (χ2v) is 9.19. The van der Waals surface area contributed by atoms with E-state index in [1.807, 2.05) is 53.4 Å². The number of piperazine rings is 1. The third-order valence-corrected chi connectivity index (χ3v) is 6.83. The topological polar surface area (TPSA) is 47.0 Å². The van der Waals surface area contributed by atoms with Gasteiger partial charge in [-0.3, -0.25) is 14.6 Å². The van der Waals surface area contributed by atoms with Crippen molar-refractivity contribution in [3.63, 3.8) is 0 Å². The molecule has 1 N–H and O–H groups in total. The summed E-state index contributed by atoms with van der Waals surface area (Å²) >= 11 is 6.09. The van der Waals surface area contributed by atoms with E-state index in [9.17, 15) is 9.90 Å². The Labute approximate surface area is 190 Å². The van der Waals surface area contributed by atoms with Crippen molar-refractivity contribution in [2.45, 2.75) is 25.5 Å². The molecule has 0 radical (unpaired) electrons. The molecule has 0 saturated carbocycles. The van der Waals surface area contributed by atoms with Crippen LogP contribution in [-0.2, 0) is 11.3 Å². The summed E-state index contributed by atoms with van der Waals surface area (Å²) in [5, 5.41) is 11.4. The van der Waals surface area contributed by atoms with Crippen LogP contribution in [-0.4, -0.2) is 71.5 Å².